The summed E-state index contributed by atoms with van der Waals surface area (Å²) in [5.41, 5.74) is 0.981. The maximum absolute atomic E-state index is 6.20. The lowest BCUT2D eigenvalue weighted by atomic mass is 9.97. The highest BCUT2D eigenvalue weighted by Gasteiger charge is 2.22. The average Bonchev–Trinajstić information content (AvgIpc) is 2.70. The molecule has 1 aliphatic rings. The van der Waals surface area contributed by atoms with E-state index < -0.39 is 0 Å². The summed E-state index contributed by atoms with van der Waals surface area (Å²) >= 11 is 9.78. The molecule has 0 atom stereocenters. The van der Waals surface area contributed by atoms with Crippen molar-refractivity contribution in [2.75, 3.05) is 13.1 Å². The summed E-state index contributed by atoms with van der Waals surface area (Å²) in [5, 5.41) is 3.97. The predicted octanol–water partition coefficient (Wildman–Crippen LogP) is 3.22. The van der Waals surface area contributed by atoms with Crippen molar-refractivity contribution < 1.29 is 0 Å². The second kappa shape index (κ2) is 4.59. The second-order valence-corrected chi connectivity index (χ2v) is 5.52. The molecule has 90 valence electrons. The highest BCUT2D eigenvalue weighted by atomic mass is 79.9. The lowest BCUT2D eigenvalue weighted by Gasteiger charge is -2.21. The highest BCUT2D eigenvalue weighted by molar-refractivity contribution is 9.10. The number of hydrogen-bond donors (Lipinski definition) is 1. The average molecular weight is 315 g/mol. The Bertz CT molecular complexity index is 546. The number of rotatable bonds is 1. The molecule has 1 fully saturated rings. The van der Waals surface area contributed by atoms with E-state index in [-0.39, 0.29) is 0 Å². The van der Waals surface area contributed by atoms with Gasteiger partial charge in [0.05, 0.1) is 10.1 Å². The largest absolute Gasteiger partial charge is 0.317 e. The van der Waals surface area contributed by atoms with E-state index in [1.54, 1.807) is 0 Å². The van der Waals surface area contributed by atoms with Crippen LogP contribution in [0.15, 0.2) is 22.8 Å². The Morgan fingerprint density at radius 3 is 2.88 bits per heavy atom. The Labute approximate surface area is 113 Å². The fourth-order valence-corrected chi connectivity index (χ4v) is 3.20. The molecule has 1 saturated heterocycles. The van der Waals surface area contributed by atoms with E-state index in [4.69, 9.17) is 11.6 Å². The van der Waals surface area contributed by atoms with Crippen LogP contribution < -0.4 is 5.32 Å². The number of halogens is 2. The standard InChI is InChI=1S/C12H13BrClN3/c13-10-3-1-2-9-11(14)16-12(17(9)10)8-4-6-15-7-5-8/h1-3,8,15H,4-7H2. The molecule has 0 unspecified atom stereocenters. The Morgan fingerprint density at radius 2 is 2.12 bits per heavy atom. The molecule has 0 bridgehead atoms. The van der Waals surface area contributed by atoms with Gasteiger partial charge in [-0.3, -0.25) is 4.40 Å². The van der Waals surface area contributed by atoms with Gasteiger partial charge < -0.3 is 5.32 Å². The van der Waals surface area contributed by atoms with E-state index in [1.165, 1.54) is 0 Å². The van der Waals surface area contributed by atoms with Gasteiger partial charge in [0.25, 0.3) is 0 Å². The molecular formula is C12H13BrClN3. The lowest BCUT2D eigenvalue weighted by Crippen LogP contribution is -2.27. The zero-order valence-electron chi connectivity index (χ0n) is 9.29. The van der Waals surface area contributed by atoms with Crippen molar-refractivity contribution in [1.82, 2.24) is 14.7 Å². The first-order valence-corrected chi connectivity index (χ1v) is 6.97. The van der Waals surface area contributed by atoms with Crippen molar-refractivity contribution in [3.63, 3.8) is 0 Å². The minimum Gasteiger partial charge on any atom is -0.317 e. The number of nitrogens with zero attached hydrogens (tertiary/aromatic N) is 2. The van der Waals surface area contributed by atoms with Crippen LogP contribution in [0.3, 0.4) is 0 Å². The molecule has 1 aliphatic heterocycles. The van der Waals surface area contributed by atoms with E-state index in [9.17, 15) is 0 Å². The topological polar surface area (TPSA) is 29.3 Å². The van der Waals surface area contributed by atoms with Crippen LogP contribution in [0.4, 0.5) is 0 Å². The molecule has 0 radical (unpaired) electrons. The Hall–Kier alpha value is -0.580. The molecule has 2 aromatic heterocycles. The van der Waals surface area contributed by atoms with Gasteiger partial charge in [-0.05, 0) is 54.0 Å². The van der Waals surface area contributed by atoms with E-state index >= 15 is 0 Å². The summed E-state index contributed by atoms with van der Waals surface area (Å²) in [4.78, 5) is 4.54. The Morgan fingerprint density at radius 1 is 1.35 bits per heavy atom. The predicted molar refractivity (Wildman–Crippen MR) is 72.7 cm³/mol. The fraction of sp³-hybridized carbons (Fsp3) is 0.417. The van der Waals surface area contributed by atoms with Crippen molar-refractivity contribution in [1.29, 1.82) is 0 Å². The number of hydrogen-bond acceptors (Lipinski definition) is 2. The molecule has 17 heavy (non-hydrogen) atoms. The van der Waals surface area contributed by atoms with Gasteiger partial charge in [-0.1, -0.05) is 17.7 Å². The molecule has 0 spiro atoms. The molecule has 2 aromatic rings. The highest BCUT2D eigenvalue weighted by Crippen LogP contribution is 2.31. The van der Waals surface area contributed by atoms with Crippen molar-refractivity contribution >= 4 is 33.0 Å². The van der Waals surface area contributed by atoms with Crippen molar-refractivity contribution in [3.05, 3.63) is 33.8 Å². The van der Waals surface area contributed by atoms with Gasteiger partial charge in [0.1, 0.15) is 5.82 Å². The van der Waals surface area contributed by atoms with Crippen molar-refractivity contribution in [2.24, 2.45) is 0 Å². The van der Waals surface area contributed by atoms with Crippen LogP contribution in [0.5, 0.6) is 0 Å². The molecule has 1 N–H and O–H groups in total. The molecule has 3 heterocycles. The Kier molecular flexibility index (Phi) is 3.11. The molecule has 3 rings (SSSR count). The minimum atomic E-state index is 0.495. The van der Waals surface area contributed by atoms with Crippen LogP contribution >= 0.6 is 27.5 Å². The zero-order valence-corrected chi connectivity index (χ0v) is 11.6. The normalized spacial score (nSPS) is 17.8. The summed E-state index contributed by atoms with van der Waals surface area (Å²) in [6, 6.07) is 6.01. The van der Waals surface area contributed by atoms with Gasteiger partial charge in [-0.2, -0.15) is 0 Å². The quantitative estimate of drug-likeness (QED) is 0.819. The van der Waals surface area contributed by atoms with Gasteiger partial charge >= 0.3 is 0 Å². The van der Waals surface area contributed by atoms with E-state index in [0.29, 0.717) is 11.1 Å². The SMILES string of the molecule is Clc1nc(C2CCNCC2)n2c(Br)cccc12. The van der Waals surface area contributed by atoms with Crippen LogP contribution in [-0.4, -0.2) is 22.5 Å². The summed E-state index contributed by atoms with van der Waals surface area (Å²) < 4.78 is 3.14. The summed E-state index contributed by atoms with van der Waals surface area (Å²) in [7, 11) is 0. The monoisotopic (exact) mass is 313 g/mol. The van der Waals surface area contributed by atoms with Crippen LogP contribution in [0.25, 0.3) is 5.52 Å². The van der Waals surface area contributed by atoms with Crippen LogP contribution in [0.1, 0.15) is 24.6 Å². The van der Waals surface area contributed by atoms with Gasteiger partial charge in [-0.25, -0.2) is 4.98 Å². The number of imidazole rings is 1. The number of aromatic nitrogens is 2. The smallest absolute Gasteiger partial charge is 0.155 e. The first-order valence-electron chi connectivity index (χ1n) is 5.80. The van der Waals surface area contributed by atoms with E-state index in [2.05, 4.69) is 30.6 Å². The lowest BCUT2D eigenvalue weighted by molar-refractivity contribution is 0.443. The van der Waals surface area contributed by atoms with Gasteiger partial charge in [0, 0.05) is 5.92 Å². The first kappa shape index (κ1) is 11.5. The molecule has 0 aromatic carbocycles. The van der Waals surface area contributed by atoms with Crippen LogP contribution in [-0.2, 0) is 0 Å². The van der Waals surface area contributed by atoms with Gasteiger partial charge in [-0.15, -0.1) is 0 Å². The molecule has 0 amide bonds. The summed E-state index contributed by atoms with van der Waals surface area (Å²) in [6.07, 6.45) is 2.24. The zero-order chi connectivity index (χ0) is 11.8. The van der Waals surface area contributed by atoms with E-state index in [0.717, 1.165) is 41.9 Å². The summed E-state index contributed by atoms with van der Waals surface area (Å²) in [5.74, 6) is 1.58. The second-order valence-electron chi connectivity index (χ2n) is 4.35. The molecule has 3 nitrogen and oxygen atoms in total. The fourth-order valence-electron chi connectivity index (χ4n) is 2.44. The molecule has 5 heteroatoms. The third-order valence-corrected chi connectivity index (χ3v) is 4.20. The van der Waals surface area contributed by atoms with Crippen molar-refractivity contribution in [2.45, 2.75) is 18.8 Å². The third-order valence-electron chi connectivity index (χ3n) is 3.30. The maximum Gasteiger partial charge on any atom is 0.155 e. The van der Waals surface area contributed by atoms with Crippen LogP contribution in [0.2, 0.25) is 5.15 Å². The summed E-state index contributed by atoms with van der Waals surface area (Å²) in [6.45, 7) is 2.11. The molecule has 0 aliphatic carbocycles. The number of pyridine rings is 1. The Balaban J connectivity index is 2.15. The van der Waals surface area contributed by atoms with E-state index in [1.807, 2.05) is 18.2 Å². The number of fused-ring (bicyclic) bond motifs is 1. The first-order chi connectivity index (χ1) is 8.27. The van der Waals surface area contributed by atoms with Gasteiger partial charge in [0.15, 0.2) is 5.15 Å². The molecular weight excluding hydrogens is 302 g/mol. The third kappa shape index (κ3) is 1.98. The van der Waals surface area contributed by atoms with Crippen LogP contribution in [0, 0.1) is 0 Å². The maximum atomic E-state index is 6.20. The van der Waals surface area contributed by atoms with Gasteiger partial charge in [0.2, 0.25) is 0 Å². The number of piperidine rings is 1. The molecule has 0 saturated carbocycles. The number of nitrogens with one attached hydrogen (secondary N) is 1. The van der Waals surface area contributed by atoms with Crippen molar-refractivity contribution in [3.8, 4) is 0 Å². The minimum absolute atomic E-state index is 0.495.